The van der Waals surface area contributed by atoms with Gasteiger partial charge in [0.1, 0.15) is 5.41 Å². The molecule has 0 aliphatic carbocycles. The number of carbonyl (C=O) groups excluding carboxylic acids is 1. The summed E-state index contributed by atoms with van der Waals surface area (Å²) in [5.74, 6) is -1.05. The molecule has 2 rings (SSSR count). The van der Waals surface area contributed by atoms with E-state index in [-0.39, 0.29) is 18.1 Å². The van der Waals surface area contributed by atoms with Gasteiger partial charge in [-0.05, 0) is 13.8 Å². The van der Waals surface area contributed by atoms with Crippen LogP contribution in [0.2, 0.25) is 0 Å². The molecule has 134 valence electrons. The Morgan fingerprint density at radius 2 is 1.30 bits per heavy atom. The summed E-state index contributed by atoms with van der Waals surface area (Å²) in [5, 5.41) is 22.8. The largest absolute Gasteiger partial charge is 0.388 e. The quantitative estimate of drug-likeness (QED) is 0.473. The van der Waals surface area contributed by atoms with E-state index >= 15 is 0 Å². The first-order valence-electron chi connectivity index (χ1n) is 7.73. The molecule has 0 aromatic heterocycles. The SMILES string of the molecule is CC1(C)CS(=O)(=O)CC(C)(C)C(C)(O)C2(CNNC2=O)C1(C)O. The van der Waals surface area contributed by atoms with Gasteiger partial charge < -0.3 is 10.2 Å². The average molecular weight is 348 g/mol. The summed E-state index contributed by atoms with van der Waals surface area (Å²) in [6, 6.07) is 0. The number of aliphatic hydroxyl groups is 2. The van der Waals surface area contributed by atoms with Gasteiger partial charge in [-0.3, -0.25) is 10.2 Å². The van der Waals surface area contributed by atoms with Crippen LogP contribution in [0.1, 0.15) is 41.5 Å². The normalized spacial score (nSPS) is 45.3. The van der Waals surface area contributed by atoms with Gasteiger partial charge in [-0.2, -0.15) is 0 Å². The van der Waals surface area contributed by atoms with E-state index in [4.69, 9.17) is 0 Å². The van der Waals surface area contributed by atoms with E-state index < -0.39 is 43.2 Å². The minimum atomic E-state index is -3.54. The highest BCUT2D eigenvalue weighted by molar-refractivity contribution is 7.91. The second-order valence-corrected chi connectivity index (χ2v) is 10.7. The molecule has 2 fully saturated rings. The Balaban J connectivity index is 2.85. The minimum absolute atomic E-state index is 0.0126. The lowest BCUT2D eigenvalue weighted by atomic mass is 9.49. The van der Waals surface area contributed by atoms with Gasteiger partial charge in [0.15, 0.2) is 9.84 Å². The fraction of sp³-hybridized carbons (Fsp3) is 0.933. The van der Waals surface area contributed by atoms with Crippen LogP contribution in [0.25, 0.3) is 0 Å². The monoisotopic (exact) mass is 348 g/mol. The van der Waals surface area contributed by atoms with Crippen molar-refractivity contribution in [1.82, 2.24) is 10.9 Å². The Bertz CT molecular complexity index is 598. The molecule has 23 heavy (non-hydrogen) atoms. The highest BCUT2D eigenvalue weighted by Crippen LogP contribution is 2.58. The summed E-state index contributed by atoms with van der Waals surface area (Å²) < 4.78 is 25.2. The van der Waals surface area contributed by atoms with Crippen molar-refractivity contribution in [2.24, 2.45) is 16.2 Å². The summed E-state index contributed by atoms with van der Waals surface area (Å²) in [7, 11) is -3.54. The second kappa shape index (κ2) is 4.68. The van der Waals surface area contributed by atoms with Gasteiger partial charge in [-0.15, -0.1) is 0 Å². The highest BCUT2D eigenvalue weighted by Gasteiger charge is 2.74. The van der Waals surface area contributed by atoms with E-state index in [1.54, 1.807) is 27.7 Å². The molecule has 8 heteroatoms. The molecule has 0 bridgehead atoms. The maximum absolute atomic E-state index is 12.7. The Morgan fingerprint density at radius 1 is 0.913 bits per heavy atom. The molecule has 2 saturated heterocycles. The molecule has 1 spiro atoms. The lowest BCUT2D eigenvalue weighted by Crippen LogP contribution is -2.75. The van der Waals surface area contributed by atoms with Gasteiger partial charge in [0, 0.05) is 17.4 Å². The van der Waals surface area contributed by atoms with Crippen LogP contribution in [0, 0.1) is 16.2 Å². The lowest BCUT2D eigenvalue weighted by molar-refractivity contribution is -0.237. The summed E-state index contributed by atoms with van der Waals surface area (Å²) in [4.78, 5) is 12.7. The number of hydrazine groups is 1. The smallest absolute Gasteiger partial charge is 0.247 e. The number of hydrogen-bond donors (Lipinski definition) is 4. The number of nitrogens with one attached hydrogen (secondary N) is 2. The van der Waals surface area contributed by atoms with E-state index in [1.165, 1.54) is 13.8 Å². The molecule has 2 unspecified atom stereocenters. The molecule has 2 heterocycles. The van der Waals surface area contributed by atoms with E-state index in [2.05, 4.69) is 10.9 Å². The predicted molar refractivity (Wildman–Crippen MR) is 86.0 cm³/mol. The number of rotatable bonds is 0. The van der Waals surface area contributed by atoms with Crippen molar-refractivity contribution < 1.29 is 23.4 Å². The van der Waals surface area contributed by atoms with Crippen molar-refractivity contribution in [1.29, 1.82) is 0 Å². The fourth-order valence-electron chi connectivity index (χ4n) is 4.29. The topological polar surface area (TPSA) is 116 Å². The van der Waals surface area contributed by atoms with Crippen molar-refractivity contribution in [2.45, 2.75) is 52.7 Å². The number of carbonyl (C=O) groups is 1. The molecule has 2 atom stereocenters. The zero-order chi connectivity index (χ0) is 18.1. The van der Waals surface area contributed by atoms with Crippen molar-refractivity contribution in [3.8, 4) is 0 Å². The molecule has 1 amide bonds. The average Bonchev–Trinajstić information content (AvgIpc) is 2.67. The van der Waals surface area contributed by atoms with E-state index in [0.717, 1.165) is 0 Å². The number of sulfone groups is 1. The fourth-order valence-corrected chi connectivity index (χ4v) is 7.15. The van der Waals surface area contributed by atoms with Crippen LogP contribution >= 0.6 is 0 Å². The first-order chi connectivity index (χ1) is 10.0. The van der Waals surface area contributed by atoms with Gasteiger partial charge in [0.2, 0.25) is 5.91 Å². The third-order valence-electron chi connectivity index (χ3n) is 6.40. The van der Waals surface area contributed by atoms with Gasteiger partial charge >= 0.3 is 0 Å². The van der Waals surface area contributed by atoms with E-state index in [0.29, 0.717) is 0 Å². The second-order valence-electron chi connectivity index (χ2n) is 8.66. The molecular weight excluding hydrogens is 320 g/mol. The summed E-state index contributed by atoms with van der Waals surface area (Å²) in [6.45, 7) is 9.38. The first-order valence-corrected chi connectivity index (χ1v) is 9.55. The Labute approximate surface area is 137 Å². The first kappa shape index (κ1) is 18.6. The van der Waals surface area contributed by atoms with Crippen LogP contribution < -0.4 is 10.9 Å². The van der Waals surface area contributed by atoms with Gasteiger partial charge in [-0.1, -0.05) is 27.7 Å². The van der Waals surface area contributed by atoms with Crippen LogP contribution in [0.5, 0.6) is 0 Å². The predicted octanol–water partition coefficient (Wildman–Crippen LogP) is -0.410. The lowest BCUT2D eigenvalue weighted by Gasteiger charge is -2.60. The molecule has 2 aliphatic heterocycles. The van der Waals surface area contributed by atoms with Crippen molar-refractivity contribution >= 4 is 15.7 Å². The van der Waals surface area contributed by atoms with Crippen molar-refractivity contribution in [2.75, 3.05) is 18.1 Å². The molecule has 7 nitrogen and oxygen atoms in total. The summed E-state index contributed by atoms with van der Waals surface area (Å²) in [6.07, 6.45) is 0. The third kappa shape index (κ3) is 2.18. The van der Waals surface area contributed by atoms with Crippen molar-refractivity contribution in [3.05, 3.63) is 0 Å². The third-order valence-corrected chi connectivity index (χ3v) is 8.73. The molecule has 2 aliphatic rings. The zero-order valence-corrected chi connectivity index (χ0v) is 15.5. The Hall–Kier alpha value is -0.700. The van der Waals surface area contributed by atoms with Gasteiger partial charge in [0.25, 0.3) is 0 Å². The Kier molecular flexibility index (Phi) is 3.79. The van der Waals surface area contributed by atoms with Crippen LogP contribution in [-0.4, -0.2) is 53.8 Å². The van der Waals surface area contributed by atoms with Gasteiger partial charge in [0.05, 0.1) is 22.7 Å². The Morgan fingerprint density at radius 3 is 1.61 bits per heavy atom. The van der Waals surface area contributed by atoms with Crippen molar-refractivity contribution in [3.63, 3.8) is 0 Å². The summed E-state index contributed by atoms with van der Waals surface area (Å²) >= 11 is 0. The summed E-state index contributed by atoms with van der Waals surface area (Å²) in [5.41, 5.74) is -2.17. The minimum Gasteiger partial charge on any atom is -0.388 e. The molecule has 4 N–H and O–H groups in total. The van der Waals surface area contributed by atoms with Crippen LogP contribution in [-0.2, 0) is 14.6 Å². The number of hydrogen-bond acceptors (Lipinski definition) is 6. The molecule has 0 radical (unpaired) electrons. The zero-order valence-electron chi connectivity index (χ0n) is 14.6. The maximum Gasteiger partial charge on any atom is 0.247 e. The van der Waals surface area contributed by atoms with Crippen LogP contribution in [0.3, 0.4) is 0 Å². The molecule has 0 saturated carbocycles. The molecule has 0 aromatic rings. The van der Waals surface area contributed by atoms with Gasteiger partial charge in [-0.25, -0.2) is 13.8 Å². The van der Waals surface area contributed by atoms with Crippen LogP contribution in [0.4, 0.5) is 0 Å². The number of amides is 1. The van der Waals surface area contributed by atoms with E-state index in [1.807, 2.05) is 0 Å². The van der Waals surface area contributed by atoms with E-state index in [9.17, 15) is 23.4 Å². The van der Waals surface area contributed by atoms with Crippen LogP contribution in [0.15, 0.2) is 0 Å². The highest BCUT2D eigenvalue weighted by atomic mass is 32.2. The standard InChI is InChI=1S/C15H28N2O5S/c1-11(2)8-23(21,22)9-12(3,4)14(6,20)15(13(11,5)19)7-16-17-10(15)18/h16,19-20H,7-9H2,1-6H3,(H,17,18). The maximum atomic E-state index is 12.7. The molecule has 0 aromatic carbocycles. The molecular formula is C15H28N2O5S.